The zero-order chi connectivity index (χ0) is 27.1. The molecule has 9 nitrogen and oxygen atoms in total. The van der Waals surface area contributed by atoms with Gasteiger partial charge in [0.1, 0.15) is 17.4 Å². The molecule has 4 aromatic heterocycles. The first-order valence-corrected chi connectivity index (χ1v) is 13.5. The lowest BCUT2D eigenvalue weighted by atomic mass is 10.00. The molecule has 0 amide bonds. The molecule has 0 spiro atoms. The highest BCUT2D eigenvalue weighted by atomic mass is 35.5. The molecule has 3 N–H and O–H groups in total. The molecule has 1 fully saturated rings. The molecule has 0 saturated carbocycles. The summed E-state index contributed by atoms with van der Waals surface area (Å²) in [5.74, 6) is 1.05. The Bertz CT molecular complexity index is 1620. The number of halogens is 2. The van der Waals surface area contributed by atoms with Crippen molar-refractivity contribution in [1.29, 1.82) is 0 Å². The van der Waals surface area contributed by atoms with Crippen LogP contribution in [0.25, 0.3) is 27.7 Å². The number of nitrogens with zero attached hydrogens (tertiary/aromatic N) is 5. The molecule has 6 rings (SSSR count). The van der Waals surface area contributed by atoms with Crippen molar-refractivity contribution < 1.29 is 14.2 Å². The van der Waals surface area contributed by atoms with E-state index in [9.17, 15) is 9.50 Å². The summed E-state index contributed by atoms with van der Waals surface area (Å²) in [6.07, 6.45) is 5.11. The fourth-order valence-corrected chi connectivity index (χ4v) is 5.51. The maximum absolute atomic E-state index is 14.2. The molecule has 0 aliphatic carbocycles. The number of anilines is 1. The third kappa shape index (κ3) is 4.80. The molecule has 0 radical (unpaired) electrons. The first-order chi connectivity index (χ1) is 18.9. The van der Waals surface area contributed by atoms with Gasteiger partial charge in [0.25, 0.3) is 0 Å². The van der Waals surface area contributed by atoms with Gasteiger partial charge >= 0.3 is 0 Å². The van der Waals surface area contributed by atoms with E-state index in [4.69, 9.17) is 34.0 Å². The second-order valence-electron chi connectivity index (χ2n) is 9.54. The van der Waals surface area contributed by atoms with Crippen molar-refractivity contribution in [3.05, 3.63) is 71.4 Å². The fraction of sp³-hybridized carbons (Fsp3) is 0.296. The van der Waals surface area contributed by atoms with E-state index in [0.717, 1.165) is 27.8 Å². The third-order valence-corrected chi connectivity index (χ3v) is 8.17. The quantitative estimate of drug-likeness (QED) is 0.170. The van der Waals surface area contributed by atoms with Gasteiger partial charge in [-0.1, -0.05) is 17.7 Å². The van der Waals surface area contributed by atoms with Gasteiger partial charge in [0.05, 0.1) is 40.9 Å². The highest BCUT2D eigenvalue weighted by molar-refractivity contribution is 7.81. The van der Waals surface area contributed by atoms with Crippen LogP contribution in [0.5, 0.6) is 5.75 Å². The number of benzene rings is 1. The molecule has 2 atom stereocenters. The highest BCUT2D eigenvalue weighted by Gasteiger charge is 2.39. The molecule has 1 aromatic carbocycles. The molecule has 1 aliphatic rings. The zero-order valence-electron chi connectivity index (χ0n) is 21.1. The molecule has 5 aromatic rings. The zero-order valence-corrected chi connectivity index (χ0v) is 22.8. The molecular weight excluding hydrogens is 541 g/mol. The predicted molar refractivity (Wildman–Crippen MR) is 152 cm³/mol. The molecule has 1 saturated heterocycles. The largest absolute Gasteiger partial charge is 0.492 e. The molecule has 12 heteroatoms. The number of aromatic nitrogens is 5. The number of thiol groups is 1. The van der Waals surface area contributed by atoms with Gasteiger partial charge in [-0.2, -0.15) is 17.7 Å². The number of fused-ring (bicyclic) bond motifs is 3. The summed E-state index contributed by atoms with van der Waals surface area (Å²) in [6.45, 7) is 3.56. The van der Waals surface area contributed by atoms with Gasteiger partial charge in [0.15, 0.2) is 5.65 Å². The Kier molecular flexibility index (Phi) is 6.84. The smallest absolute Gasteiger partial charge is 0.178 e. The molecule has 1 aliphatic heterocycles. The Balaban J connectivity index is 1.21. The van der Waals surface area contributed by atoms with E-state index in [1.165, 1.54) is 6.07 Å². The van der Waals surface area contributed by atoms with Crippen LogP contribution in [0, 0.1) is 5.82 Å². The Morgan fingerprint density at radius 1 is 1.31 bits per heavy atom. The van der Waals surface area contributed by atoms with Crippen molar-refractivity contribution in [2.24, 2.45) is 0 Å². The van der Waals surface area contributed by atoms with E-state index in [1.807, 2.05) is 42.4 Å². The van der Waals surface area contributed by atoms with Gasteiger partial charge in [0, 0.05) is 47.5 Å². The average molecular weight is 568 g/mol. The number of aliphatic hydroxyl groups excluding tert-OH is 1. The molecular formula is C27H27ClFN7O2S. The number of hydrogen-bond acceptors (Lipinski definition) is 8. The summed E-state index contributed by atoms with van der Waals surface area (Å²) in [4.78, 5) is 5.84. The second kappa shape index (κ2) is 10.3. The minimum absolute atomic E-state index is 0.160. The second-order valence-corrected chi connectivity index (χ2v) is 10.7. The first kappa shape index (κ1) is 25.9. The fourth-order valence-electron chi connectivity index (χ4n) is 5.02. The van der Waals surface area contributed by atoms with Gasteiger partial charge in [-0.15, -0.1) is 5.10 Å². The Hall–Kier alpha value is -3.38. The molecule has 39 heavy (non-hydrogen) atoms. The average Bonchev–Trinajstić information content (AvgIpc) is 3.51. The van der Waals surface area contributed by atoms with E-state index in [2.05, 4.69) is 20.6 Å². The van der Waals surface area contributed by atoms with Gasteiger partial charge in [0.2, 0.25) is 0 Å². The highest BCUT2D eigenvalue weighted by Crippen LogP contribution is 2.34. The Labute approximate surface area is 234 Å². The topological polar surface area (TPSA) is 104 Å². The van der Waals surface area contributed by atoms with E-state index < -0.39 is 16.8 Å². The number of pyridine rings is 2. The number of β-amino-alcohol motifs (C(OH)–C–C–N with tert-alkyl or cyclic N) is 1. The van der Waals surface area contributed by atoms with Gasteiger partial charge in [-0.05, 0) is 43.7 Å². The molecule has 0 bridgehead atoms. The normalized spacial score (nSPS) is 19.7. The number of nitrogens with one attached hydrogen (secondary N) is 2. The Morgan fingerprint density at radius 3 is 2.92 bits per heavy atom. The van der Waals surface area contributed by atoms with Crippen LogP contribution in [0.1, 0.15) is 18.9 Å². The summed E-state index contributed by atoms with van der Waals surface area (Å²) in [7, 11) is 0. The van der Waals surface area contributed by atoms with E-state index in [-0.39, 0.29) is 6.54 Å². The van der Waals surface area contributed by atoms with Crippen LogP contribution in [-0.4, -0.2) is 60.6 Å². The Morgan fingerprint density at radius 2 is 2.18 bits per heavy atom. The van der Waals surface area contributed by atoms with Crippen molar-refractivity contribution in [2.45, 2.75) is 30.9 Å². The lowest BCUT2D eigenvalue weighted by Gasteiger charge is -2.43. The van der Waals surface area contributed by atoms with Crippen molar-refractivity contribution in [3.8, 4) is 16.9 Å². The van der Waals surface area contributed by atoms with Crippen molar-refractivity contribution in [1.82, 2.24) is 30.1 Å². The summed E-state index contributed by atoms with van der Waals surface area (Å²) in [5, 5.41) is 27.1. The number of aromatic amines is 1. The van der Waals surface area contributed by atoms with Crippen LogP contribution < -0.4 is 15.0 Å². The van der Waals surface area contributed by atoms with Gasteiger partial charge in [-0.25, -0.2) is 13.9 Å². The first-order valence-electron chi connectivity index (χ1n) is 12.6. The number of rotatable bonds is 7. The third-order valence-electron chi connectivity index (χ3n) is 7.14. The van der Waals surface area contributed by atoms with Crippen LogP contribution in [0.15, 0.2) is 55.0 Å². The van der Waals surface area contributed by atoms with Crippen LogP contribution in [-0.2, 0) is 6.54 Å². The van der Waals surface area contributed by atoms with E-state index in [0.29, 0.717) is 48.1 Å². The number of ether oxygens (including phenoxy) is 1. The van der Waals surface area contributed by atoms with Gasteiger partial charge < -0.3 is 14.7 Å². The standard InChI is InChI=1S/C27H27ClFN7O2S/c1-2-38-17-10-18(25-20-13-32-33-26(20)34-36(25)14-17)16-6-7-24(30-11-16)35-9-8-27(39,23(37)15-35)31-12-19-21(28)4-3-5-22(19)29/h3-7,10-11,13-14,23,31,37,39H,2,8-9,12,15H2,1H3,(H,33,34)/t23-,27-/m0/s1. The molecule has 0 unspecified atom stereocenters. The minimum atomic E-state index is -0.897. The van der Waals surface area contributed by atoms with Crippen molar-refractivity contribution in [2.75, 3.05) is 24.6 Å². The van der Waals surface area contributed by atoms with E-state index in [1.54, 1.807) is 22.8 Å². The van der Waals surface area contributed by atoms with Crippen molar-refractivity contribution in [3.63, 3.8) is 0 Å². The predicted octanol–water partition coefficient (Wildman–Crippen LogP) is 4.45. The maximum atomic E-state index is 14.2. The van der Waals surface area contributed by atoms with Crippen LogP contribution >= 0.6 is 24.2 Å². The molecule has 202 valence electrons. The summed E-state index contributed by atoms with van der Waals surface area (Å²) in [6, 6.07) is 10.5. The van der Waals surface area contributed by atoms with Crippen LogP contribution in [0.4, 0.5) is 10.2 Å². The minimum Gasteiger partial charge on any atom is -0.492 e. The number of hydrogen-bond donors (Lipinski definition) is 4. The maximum Gasteiger partial charge on any atom is 0.178 e. The lowest BCUT2D eigenvalue weighted by Crippen LogP contribution is -2.59. The van der Waals surface area contributed by atoms with Gasteiger partial charge in [-0.3, -0.25) is 10.4 Å². The van der Waals surface area contributed by atoms with Crippen LogP contribution in [0.3, 0.4) is 0 Å². The number of aliphatic hydroxyl groups is 1. The van der Waals surface area contributed by atoms with Crippen molar-refractivity contribution >= 4 is 46.6 Å². The monoisotopic (exact) mass is 567 g/mol. The number of H-pyrrole nitrogens is 1. The molecule has 5 heterocycles. The SMILES string of the molecule is CCOc1cc(-c2ccc(N3CC[C@@](S)(NCc4c(F)cccc4Cl)[C@@H](O)C3)nc2)c2c3cn[nH]c3nn2c1. The van der Waals surface area contributed by atoms with E-state index >= 15 is 0 Å². The van der Waals surface area contributed by atoms with Crippen LogP contribution in [0.2, 0.25) is 5.02 Å². The summed E-state index contributed by atoms with van der Waals surface area (Å²) < 4.78 is 21.8. The summed E-state index contributed by atoms with van der Waals surface area (Å²) in [5.41, 5.74) is 3.78. The lowest BCUT2D eigenvalue weighted by molar-refractivity contribution is 0.0957. The summed E-state index contributed by atoms with van der Waals surface area (Å²) >= 11 is 10.9. The number of piperidine rings is 1.